The minimum Gasteiger partial charge on any atom is -0.494 e. The predicted molar refractivity (Wildman–Crippen MR) is 153 cm³/mol. The molecule has 0 aliphatic carbocycles. The van der Waals surface area contributed by atoms with Crippen LogP contribution in [0.1, 0.15) is 40.2 Å². The largest absolute Gasteiger partial charge is 0.494 e. The average molecular weight is 570 g/mol. The highest BCUT2D eigenvalue weighted by Gasteiger charge is 2.33. The van der Waals surface area contributed by atoms with Crippen molar-refractivity contribution in [1.82, 2.24) is 10.2 Å². The molecular weight excluding hydrogens is 533 g/mol. The third kappa shape index (κ3) is 7.81. The fourth-order valence-electron chi connectivity index (χ4n) is 3.99. The van der Waals surface area contributed by atoms with E-state index in [0.29, 0.717) is 12.4 Å². The molecule has 3 rings (SSSR count). The summed E-state index contributed by atoms with van der Waals surface area (Å²) < 4.78 is 48.7. The first-order valence-electron chi connectivity index (χ1n) is 13.0. The normalized spacial score (nSPS) is 12.3. The van der Waals surface area contributed by atoms with Gasteiger partial charge in [0, 0.05) is 17.6 Å². The van der Waals surface area contributed by atoms with Gasteiger partial charge in [0.15, 0.2) is 0 Å². The van der Waals surface area contributed by atoms with E-state index in [-0.39, 0.29) is 22.7 Å². The molecule has 8 nitrogen and oxygen atoms in total. The van der Waals surface area contributed by atoms with E-state index in [0.717, 1.165) is 4.31 Å². The van der Waals surface area contributed by atoms with Gasteiger partial charge in [-0.3, -0.25) is 13.9 Å². The Balaban J connectivity index is 2.04. The Bertz CT molecular complexity index is 1410. The lowest BCUT2D eigenvalue weighted by Crippen LogP contribution is -2.54. The number of hydrogen-bond acceptors (Lipinski definition) is 5. The molecule has 0 saturated carbocycles. The van der Waals surface area contributed by atoms with Gasteiger partial charge in [-0.2, -0.15) is 0 Å². The smallest absolute Gasteiger partial charge is 0.264 e. The SMILES string of the molecule is CCOc1ccc(N(CC(=O)N(Cc2ccccc2F)[C@H](C)C(=O)NC(C)(C)C)S(=O)(=O)c2ccccc2)cc1. The van der Waals surface area contributed by atoms with Crippen molar-refractivity contribution in [3.8, 4) is 5.75 Å². The van der Waals surface area contributed by atoms with Gasteiger partial charge in [0.25, 0.3) is 10.0 Å². The van der Waals surface area contributed by atoms with E-state index in [2.05, 4.69) is 5.32 Å². The Labute approximate surface area is 235 Å². The second kappa shape index (κ2) is 13.0. The number of benzene rings is 3. The van der Waals surface area contributed by atoms with Crippen LogP contribution >= 0.6 is 0 Å². The van der Waals surface area contributed by atoms with Crippen LogP contribution in [0.15, 0.2) is 83.8 Å². The molecule has 0 aliphatic rings. The van der Waals surface area contributed by atoms with Crippen LogP contribution in [0.5, 0.6) is 5.75 Å². The van der Waals surface area contributed by atoms with Gasteiger partial charge in [0.05, 0.1) is 17.2 Å². The molecule has 3 aromatic carbocycles. The average Bonchev–Trinajstić information content (AvgIpc) is 2.91. The van der Waals surface area contributed by atoms with Gasteiger partial charge in [-0.05, 0) is 77.1 Å². The van der Waals surface area contributed by atoms with Crippen LogP contribution in [-0.2, 0) is 26.2 Å². The number of sulfonamides is 1. The first-order valence-corrected chi connectivity index (χ1v) is 14.4. The maximum Gasteiger partial charge on any atom is 0.264 e. The lowest BCUT2D eigenvalue weighted by atomic mass is 10.1. The minimum absolute atomic E-state index is 0.00383. The Morgan fingerprint density at radius 2 is 1.55 bits per heavy atom. The summed E-state index contributed by atoms with van der Waals surface area (Å²) in [5.41, 5.74) is -0.147. The van der Waals surface area contributed by atoms with Crippen molar-refractivity contribution < 1.29 is 27.1 Å². The van der Waals surface area contributed by atoms with E-state index in [1.165, 1.54) is 42.2 Å². The number of rotatable bonds is 11. The molecule has 10 heteroatoms. The number of nitrogens with zero attached hydrogens (tertiary/aromatic N) is 2. The number of hydrogen-bond donors (Lipinski definition) is 1. The number of nitrogens with one attached hydrogen (secondary N) is 1. The summed E-state index contributed by atoms with van der Waals surface area (Å²) in [4.78, 5) is 28.2. The second-order valence-corrected chi connectivity index (χ2v) is 12.1. The lowest BCUT2D eigenvalue weighted by Gasteiger charge is -2.33. The molecule has 2 amide bonds. The fraction of sp³-hybridized carbons (Fsp3) is 0.333. The summed E-state index contributed by atoms with van der Waals surface area (Å²) in [6, 6.07) is 19.0. The summed E-state index contributed by atoms with van der Waals surface area (Å²) in [5.74, 6) is -1.11. The standard InChI is InChI=1S/C30H36FN3O5S/c1-6-39-25-18-16-24(17-19-25)34(40(37,38)26-13-8-7-9-14-26)21-28(35)33(20-23-12-10-11-15-27(23)31)22(2)29(36)32-30(3,4)5/h7-19,22H,6,20-21H2,1-5H3,(H,32,36)/t22-/m1/s1. The van der Waals surface area contributed by atoms with Crippen LogP contribution in [0.25, 0.3) is 0 Å². The van der Waals surface area contributed by atoms with Gasteiger partial charge in [-0.15, -0.1) is 0 Å². The minimum atomic E-state index is -4.19. The topological polar surface area (TPSA) is 96.0 Å². The number of ether oxygens (including phenoxy) is 1. The number of carbonyl (C=O) groups excluding carboxylic acids is 2. The third-order valence-electron chi connectivity index (χ3n) is 6.01. The van der Waals surface area contributed by atoms with Crippen LogP contribution in [0.2, 0.25) is 0 Å². The second-order valence-electron chi connectivity index (χ2n) is 10.3. The van der Waals surface area contributed by atoms with Crippen molar-refractivity contribution in [2.75, 3.05) is 17.5 Å². The Morgan fingerprint density at radius 3 is 2.12 bits per heavy atom. The van der Waals surface area contributed by atoms with Crippen LogP contribution in [0, 0.1) is 5.82 Å². The van der Waals surface area contributed by atoms with Crippen molar-refractivity contribution in [3.05, 3.63) is 90.2 Å². The van der Waals surface area contributed by atoms with Crippen LogP contribution < -0.4 is 14.4 Å². The number of anilines is 1. The summed E-state index contributed by atoms with van der Waals surface area (Å²) in [6.07, 6.45) is 0. The molecule has 1 N–H and O–H groups in total. The van der Waals surface area contributed by atoms with Crippen LogP contribution in [0.4, 0.5) is 10.1 Å². The first kappa shape index (κ1) is 30.6. The molecule has 0 aromatic heterocycles. The molecule has 0 fully saturated rings. The van der Waals surface area contributed by atoms with Gasteiger partial charge in [0.1, 0.15) is 24.2 Å². The zero-order chi connectivity index (χ0) is 29.5. The van der Waals surface area contributed by atoms with Crippen molar-refractivity contribution in [2.45, 2.75) is 57.6 Å². The van der Waals surface area contributed by atoms with E-state index < -0.39 is 45.8 Å². The van der Waals surface area contributed by atoms with E-state index in [1.807, 2.05) is 6.92 Å². The Kier molecular flexibility index (Phi) is 9.92. The molecule has 0 saturated heterocycles. The quantitative estimate of drug-likeness (QED) is 0.360. The monoisotopic (exact) mass is 569 g/mol. The van der Waals surface area contributed by atoms with E-state index in [1.54, 1.807) is 69.3 Å². The fourth-order valence-corrected chi connectivity index (χ4v) is 5.43. The molecule has 0 bridgehead atoms. The molecule has 0 radical (unpaired) electrons. The van der Waals surface area contributed by atoms with E-state index >= 15 is 0 Å². The third-order valence-corrected chi connectivity index (χ3v) is 7.80. The summed E-state index contributed by atoms with van der Waals surface area (Å²) in [5, 5.41) is 2.84. The van der Waals surface area contributed by atoms with Gasteiger partial charge < -0.3 is 15.0 Å². The number of carbonyl (C=O) groups is 2. The molecule has 40 heavy (non-hydrogen) atoms. The number of halogens is 1. The molecule has 1 atom stereocenters. The molecule has 3 aromatic rings. The van der Waals surface area contributed by atoms with E-state index in [9.17, 15) is 22.4 Å². The maximum atomic E-state index is 14.6. The number of amides is 2. The molecule has 214 valence electrons. The summed E-state index contributed by atoms with van der Waals surface area (Å²) in [7, 11) is -4.19. The van der Waals surface area contributed by atoms with Crippen molar-refractivity contribution >= 4 is 27.5 Å². The zero-order valence-corrected chi connectivity index (χ0v) is 24.2. The van der Waals surface area contributed by atoms with Crippen molar-refractivity contribution in [1.29, 1.82) is 0 Å². The highest BCUT2D eigenvalue weighted by atomic mass is 32.2. The Hall–Kier alpha value is -3.92. The maximum absolute atomic E-state index is 14.6. The van der Waals surface area contributed by atoms with Crippen molar-refractivity contribution in [3.63, 3.8) is 0 Å². The molecular formula is C30H36FN3O5S. The van der Waals surface area contributed by atoms with Gasteiger partial charge in [0.2, 0.25) is 11.8 Å². The molecule has 0 unspecified atom stereocenters. The lowest BCUT2D eigenvalue weighted by molar-refractivity contribution is -0.140. The van der Waals surface area contributed by atoms with Crippen LogP contribution in [0.3, 0.4) is 0 Å². The van der Waals surface area contributed by atoms with Gasteiger partial charge in [-0.25, -0.2) is 12.8 Å². The molecule has 0 aliphatic heterocycles. The molecule has 0 spiro atoms. The zero-order valence-electron chi connectivity index (χ0n) is 23.4. The summed E-state index contributed by atoms with van der Waals surface area (Å²) in [6.45, 7) is 8.37. The predicted octanol–water partition coefficient (Wildman–Crippen LogP) is 4.75. The highest BCUT2D eigenvalue weighted by Crippen LogP contribution is 2.27. The van der Waals surface area contributed by atoms with Crippen LogP contribution in [-0.4, -0.2) is 49.9 Å². The Morgan fingerprint density at radius 1 is 0.950 bits per heavy atom. The van der Waals surface area contributed by atoms with Gasteiger partial charge >= 0.3 is 0 Å². The molecule has 0 heterocycles. The van der Waals surface area contributed by atoms with E-state index in [4.69, 9.17) is 4.74 Å². The van der Waals surface area contributed by atoms with Gasteiger partial charge in [-0.1, -0.05) is 36.4 Å². The highest BCUT2D eigenvalue weighted by molar-refractivity contribution is 7.92. The summed E-state index contributed by atoms with van der Waals surface area (Å²) >= 11 is 0. The first-order chi connectivity index (χ1) is 18.8. The van der Waals surface area contributed by atoms with Crippen molar-refractivity contribution in [2.24, 2.45) is 0 Å².